The van der Waals surface area contributed by atoms with Gasteiger partial charge >= 0.3 is 0 Å². The summed E-state index contributed by atoms with van der Waals surface area (Å²) in [7, 11) is -3.96. The first-order chi connectivity index (χ1) is 11.0. The monoisotopic (exact) mass is 350 g/mol. The van der Waals surface area contributed by atoms with E-state index in [0.29, 0.717) is 19.3 Å². The maximum Gasteiger partial charge on any atom is 0.267 e. The van der Waals surface area contributed by atoms with Gasteiger partial charge < -0.3 is 5.11 Å². The standard InChI is InChI=1S/C18H38O4S/c1-2-3-4-5-6-7-8-9-10-11-12-13-15-18(16-14-17-19)23(20,21)22/h18-19H,2-17H2,1H3,(H,20,21,22). The summed E-state index contributed by atoms with van der Waals surface area (Å²) in [6.07, 6.45) is 16.3. The van der Waals surface area contributed by atoms with Gasteiger partial charge in [0.15, 0.2) is 0 Å². The van der Waals surface area contributed by atoms with Crippen molar-refractivity contribution >= 4 is 10.1 Å². The molecule has 1 unspecified atom stereocenters. The third kappa shape index (κ3) is 15.2. The molecule has 0 aliphatic carbocycles. The van der Waals surface area contributed by atoms with Crippen LogP contribution in [0.5, 0.6) is 0 Å². The maximum absolute atomic E-state index is 11.2. The van der Waals surface area contributed by atoms with E-state index >= 15 is 0 Å². The quantitative estimate of drug-likeness (QED) is 0.282. The molecule has 1 atom stereocenters. The first kappa shape index (κ1) is 22.9. The van der Waals surface area contributed by atoms with Crippen LogP contribution in [-0.2, 0) is 10.1 Å². The van der Waals surface area contributed by atoms with Crippen molar-refractivity contribution in [3.8, 4) is 0 Å². The molecule has 0 amide bonds. The number of hydrogen-bond donors (Lipinski definition) is 2. The lowest BCUT2D eigenvalue weighted by atomic mass is 10.0. The molecule has 2 N–H and O–H groups in total. The Morgan fingerprint density at radius 2 is 1.09 bits per heavy atom. The first-order valence-electron chi connectivity index (χ1n) is 9.59. The summed E-state index contributed by atoms with van der Waals surface area (Å²) < 4.78 is 31.7. The van der Waals surface area contributed by atoms with Gasteiger partial charge in [0.05, 0.1) is 5.25 Å². The lowest BCUT2D eigenvalue weighted by molar-refractivity contribution is 0.281. The molecule has 0 saturated heterocycles. The molecule has 0 heterocycles. The van der Waals surface area contributed by atoms with E-state index in [1.54, 1.807) is 0 Å². The Morgan fingerprint density at radius 3 is 1.48 bits per heavy atom. The Bertz CT molecular complexity index is 341. The summed E-state index contributed by atoms with van der Waals surface area (Å²) in [5.41, 5.74) is 0. The van der Waals surface area contributed by atoms with Crippen LogP contribution in [0.1, 0.15) is 103 Å². The highest BCUT2D eigenvalue weighted by Crippen LogP contribution is 2.17. The minimum Gasteiger partial charge on any atom is -0.396 e. The van der Waals surface area contributed by atoms with Crippen molar-refractivity contribution in [2.75, 3.05) is 6.61 Å². The summed E-state index contributed by atoms with van der Waals surface area (Å²) in [4.78, 5) is 0. The van der Waals surface area contributed by atoms with Gasteiger partial charge in [0, 0.05) is 6.61 Å². The van der Waals surface area contributed by atoms with Gasteiger partial charge in [0.25, 0.3) is 10.1 Å². The van der Waals surface area contributed by atoms with Crippen LogP contribution in [0.15, 0.2) is 0 Å². The van der Waals surface area contributed by atoms with Crippen LogP contribution in [0.3, 0.4) is 0 Å². The highest BCUT2D eigenvalue weighted by molar-refractivity contribution is 7.86. The number of aliphatic hydroxyl groups is 1. The molecule has 0 fully saturated rings. The van der Waals surface area contributed by atoms with Gasteiger partial charge in [-0.05, 0) is 19.3 Å². The minimum absolute atomic E-state index is 0.0233. The Kier molecular flexibility index (Phi) is 15.3. The third-order valence-corrected chi connectivity index (χ3v) is 5.80. The summed E-state index contributed by atoms with van der Waals surface area (Å²) in [6.45, 7) is 2.22. The highest BCUT2D eigenvalue weighted by Gasteiger charge is 2.21. The molecule has 0 bridgehead atoms. The Balaban J connectivity index is 3.46. The normalized spacial score (nSPS) is 13.3. The van der Waals surface area contributed by atoms with Crippen LogP contribution >= 0.6 is 0 Å². The molecule has 0 aromatic carbocycles. The van der Waals surface area contributed by atoms with Gasteiger partial charge in [0.2, 0.25) is 0 Å². The molecule has 5 heteroatoms. The smallest absolute Gasteiger partial charge is 0.267 e. The molecular weight excluding hydrogens is 312 g/mol. The zero-order valence-corrected chi connectivity index (χ0v) is 15.8. The zero-order valence-electron chi connectivity index (χ0n) is 15.0. The fraction of sp³-hybridized carbons (Fsp3) is 1.00. The second kappa shape index (κ2) is 15.4. The van der Waals surface area contributed by atoms with E-state index < -0.39 is 15.4 Å². The molecule has 0 rings (SSSR count). The van der Waals surface area contributed by atoms with Crippen molar-refractivity contribution in [3.63, 3.8) is 0 Å². The van der Waals surface area contributed by atoms with E-state index in [9.17, 15) is 13.0 Å². The summed E-state index contributed by atoms with van der Waals surface area (Å²) in [5.74, 6) is 0. The van der Waals surface area contributed by atoms with E-state index in [0.717, 1.165) is 19.3 Å². The van der Waals surface area contributed by atoms with Gasteiger partial charge in [-0.3, -0.25) is 4.55 Å². The van der Waals surface area contributed by atoms with Crippen LogP contribution in [0.4, 0.5) is 0 Å². The first-order valence-corrected chi connectivity index (χ1v) is 11.1. The molecule has 0 aromatic rings. The summed E-state index contributed by atoms with van der Waals surface area (Å²) in [6, 6.07) is 0. The fourth-order valence-corrected chi connectivity index (χ4v) is 3.90. The minimum atomic E-state index is -3.96. The van der Waals surface area contributed by atoms with Gasteiger partial charge in [-0.1, -0.05) is 84.0 Å². The predicted octanol–water partition coefficient (Wildman–Crippen LogP) is 5.11. The van der Waals surface area contributed by atoms with E-state index in [2.05, 4.69) is 6.92 Å². The molecular formula is C18H38O4S. The van der Waals surface area contributed by atoms with Crippen LogP contribution in [0.2, 0.25) is 0 Å². The van der Waals surface area contributed by atoms with Gasteiger partial charge in [0.1, 0.15) is 0 Å². The van der Waals surface area contributed by atoms with E-state index in [1.165, 1.54) is 57.8 Å². The van der Waals surface area contributed by atoms with Crippen molar-refractivity contribution in [2.24, 2.45) is 0 Å². The van der Waals surface area contributed by atoms with Crippen molar-refractivity contribution in [1.29, 1.82) is 0 Å². The molecule has 0 saturated carbocycles. The van der Waals surface area contributed by atoms with Crippen LogP contribution in [0, 0.1) is 0 Å². The lowest BCUT2D eigenvalue weighted by Gasteiger charge is -2.12. The van der Waals surface area contributed by atoms with Crippen LogP contribution in [0.25, 0.3) is 0 Å². The van der Waals surface area contributed by atoms with Gasteiger partial charge in [-0.25, -0.2) is 0 Å². The molecule has 0 spiro atoms. The molecule has 4 nitrogen and oxygen atoms in total. The van der Waals surface area contributed by atoms with Crippen molar-refractivity contribution in [2.45, 2.75) is 108 Å². The third-order valence-electron chi connectivity index (χ3n) is 4.49. The Morgan fingerprint density at radius 1 is 0.696 bits per heavy atom. The average molecular weight is 351 g/mol. The van der Waals surface area contributed by atoms with Crippen molar-refractivity contribution in [3.05, 3.63) is 0 Å². The SMILES string of the molecule is CCCCCCCCCCCCCCC(CCCO)S(=O)(=O)O. The molecule has 23 heavy (non-hydrogen) atoms. The largest absolute Gasteiger partial charge is 0.396 e. The van der Waals surface area contributed by atoms with E-state index in [4.69, 9.17) is 5.11 Å². The predicted molar refractivity (Wildman–Crippen MR) is 97.4 cm³/mol. The average Bonchev–Trinajstić information content (AvgIpc) is 2.50. The second-order valence-corrected chi connectivity index (χ2v) is 8.38. The van der Waals surface area contributed by atoms with Crippen LogP contribution < -0.4 is 0 Å². The maximum atomic E-state index is 11.2. The molecule has 0 aliphatic rings. The molecule has 0 radical (unpaired) electrons. The summed E-state index contributed by atoms with van der Waals surface area (Å²) in [5, 5.41) is 8.08. The van der Waals surface area contributed by atoms with Gasteiger partial charge in [-0.2, -0.15) is 8.42 Å². The fourth-order valence-electron chi connectivity index (χ4n) is 2.97. The lowest BCUT2D eigenvalue weighted by Crippen LogP contribution is -2.20. The zero-order chi connectivity index (χ0) is 17.4. The molecule has 0 aliphatic heterocycles. The number of hydrogen-bond acceptors (Lipinski definition) is 3. The van der Waals surface area contributed by atoms with Crippen molar-refractivity contribution in [1.82, 2.24) is 0 Å². The topological polar surface area (TPSA) is 74.6 Å². The van der Waals surface area contributed by atoms with Gasteiger partial charge in [-0.15, -0.1) is 0 Å². The van der Waals surface area contributed by atoms with E-state index in [-0.39, 0.29) is 6.61 Å². The number of rotatable bonds is 17. The molecule has 140 valence electrons. The van der Waals surface area contributed by atoms with E-state index in [1.807, 2.05) is 0 Å². The van der Waals surface area contributed by atoms with Crippen LogP contribution in [-0.4, -0.2) is 29.9 Å². The number of aliphatic hydroxyl groups excluding tert-OH is 1. The van der Waals surface area contributed by atoms with Crippen molar-refractivity contribution < 1.29 is 18.1 Å². The second-order valence-electron chi connectivity index (χ2n) is 6.68. The Hall–Kier alpha value is -0.130. The molecule has 0 aromatic heterocycles. The highest BCUT2D eigenvalue weighted by atomic mass is 32.2. The number of unbranched alkanes of at least 4 members (excludes halogenated alkanes) is 11. The summed E-state index contributed by atoms with van der Waals surface area (Å²) >= 11 is 0. The Labute approximate surface area is 143 Å².